The SMILES string of the molecule is O=C1Cc2cnn(CNc3ccc(C(=O)N4CCC(c5cccnc5)C4)cc3)c2-c2ccccc2N1. The highest BCUT2D eigenvalue weighted by Gasteiger charge is 2.28. The summed E-state index contributed by atoms with van der Waals surface area (Å²) in [5.74, 6) is 0.348. The van der Waals surface area contributed by atoms with Crippen LogP contribution in [0.4, 0.5) is 11.4 Å². The summed E-state index contributed by atoms with van der Waals surface area (Å²) in [6, 6.07) is 19.4. The Morgan fingerprint density at radius 3 is 2.75 bits per heavy atom. The number of hydrogen-bond acceptors (Lipinski definition) is 5. The number of carbonyl (C=O) groups is 2. The standard InChI is InChI=1S/C28H26N6O2/c35-26-14-22-16-31-34(27(22)24-5-1-2-6-25(24)32-26)18-30-23-9-7-19(8-10-23)28(36)33-13-11-21(17-33)20-4-3-12-29-15-20/h1-10,12,15-16,21,30H,11,13-14,17-18H2,(H,32,35). The Labute approximate surface area is 209 Å². The zero-order valence-corrected chi connectivity index (χ0v) is 19.7. The first kappa shape index (κ1) is 22.0. The van der Waals surface area contributed by atoms with E-state index >= 15 is 0 Å². The van der Waals surface area contributed by atoms with Crippen molar-refractivity contribution in [3.05, 3.63) is 95.9 Å². The second kappa shape index (κ2) is 9.30. The molecule has 36 heavy (non-hydrogen) atoms. The van der Waals surface area contributed by atoms with Crippen LogP contribution in [0.25, 0.3) is 11.3 Å². The lowest BCUT2D eigenvalue weighted by Gasteiger charge is -2.17. The van der Waals surface area contributed by atoms with Gasteiger partial charge in [-0.25, -0.2) is 4.68 Å². The minimum absolute atomic E-state index is 0.0428. The Kier molecular flexibility index (Phi) is 5.69. The van der Waals surface area contributed by atoms with Crippen LogP contribution in [0, 0.1) is 0 Å². The van der Waals surface area contributed by atoms with Crippen molar-refractivity contribution in [2.45, 2.75) is 25.4 Å². The molecule has 2 aromatic carbocycles. The van der Waals surface area contributed by atoms with E-state index in [9.17, 15) is 9.59 Å². The van der Waals surface area contributed by atoms with Crippen LogP contribution in [0.1, 0.15) is 33.8 Å². The monoisotopic (exact) mass is 478 g/mol. The van der Waals surface area contributed by atoms with E-state index in [-0.39, 0.29) is 11.8 Å². The van der Waals surface area contributed by atoms with Gasteiger partial charge in [-0.2, -0.15) is 5.10 Å². The summed E-state index contributed by atoms with van der Waals surface area (Å²) in [7, 11) is 0. The normalized spacial score (nSPS) is 16.6. The van der Waals surface area contributed by atoms with Gasteiger partial charge in [-0.3, -0.25) is 14.6 Å². The molecule has 2 aromatic heterocycles. The predicted octanol–water partition coefficient (Wildman–Crippen LogP) is 4.14. The molecular formula is C28H26N6O2. The van der Waals surface area contributed by atoms with Gasteiger partial charge in [-0.1, -0.05) is 24.3 Å². The summed E-state index contributed by atoms with van der Waals surface area (Å²) in [5, 5.41) is 10.9. The fourth-order valence-electron chi connectivity index (χ4n) is 5.06. The molecule has 1 fully saturated rings. The number of carbonyl (C=O) groups excluding carboxylic acids is 2. The molecule has 0 spiro atoms. The minimum atomic E-state index is -0.0428. The first-order valence-corrected chi connectivity index (χ1v) is 12.1. The van der Waals surface area contributed by atoms with Crippen molar-refractivity contribution in [3.63, 3.8) is 0 Å². The number of hydrogen-bond donors (Lipinski definition) is 2. The highest BCUT2D eigenvalue weighted by Crippen LogP contribution is 2.33. The number of amides is 2. The van der Waals surface area contributed by atoms with E-state index in [1.165, 1.54) is 5.56 Å². The molecule has 0 aliphatic carbocycles. The zero-order valence-electron chi connectivity index (χ0n) is 19.7. The summed E-state index contributed by atoms with van der Waals surface area (Å²) in [5.41, 5.74) is 6.33. The van der Waals surface area contributed by atoms with Gasteiger partial charge in [-0.15, -0.1) is 0 Å². The Morgan fingerprint density at radius 2 is 1.92 bits per heavy atom. The Balaban J connectivity index is 1.13. The van der Waals surface area contributed by atoms with Crippen molar-refractivity contribution >= 4 is 23.2 Å². The van der Waals surface area contributed by atoms with Crippen LogP contribution in [0.3, 0.4) is 0 Å². The van der Waals surface area contributed by atoms with Gasteiger partial charge < -0.3 is 15.5 Å². The maximum Gasteiger partial charge on any atom is 0.253 e. The van der Waals surface area contributed by atoms with E-state index in [2.05, 4.69) is 26.8 Å². The van der Waals surface area contributed by atoms with Crippen LogP contribution in [-0.4, -0.2) is 44.6 Å². The fraction of sp³-hybridized carbons (Fsp3) is 0.214. The van der Waals surface area contributed by atoms with Gasteiger partial charge in [-0.05, 0) is 48.4 Å². The predicted molar refractivity (Wildman–Crippen MR) is 138 cm³/mol. The van der Waals surface area contributed by atoms with Crippen molar-refractivity contribution in [1.29, 1.82) is 0 Å². The van der Waals surface area contributed by atoms with E-state index in [1.54, 1.807) is 12.4 Å². The number of anilines is 2. The summed E-state index contributed by atoms with van der Waals surface area (Å²) < 4.78 is 1.87. The number of para-hydroxylation sites is 1. The highest BCUT2D eigenvalue weighted by molar-refractivity contribution is 6.00. The number of nitrogens with zero attached hydrogens (tertiary/aromatic N) is 4. The van der Waals surface area contributed by atoms with Gasteiger partial charge >= 0.3 is 0 Å². The molecule has 0 saturated carbocycles. The third kappa shape index (κ3) is 4.22. The Morgan fingerprint density at radius 1 is 1.06 bits per heavy atom. The maximum atomic E-state index is 13.1. The van der Waals surface area contributed by atoms with Crippen LogP contribution in [-0.2, 0) is 17.9 Å². The third-order valence-electron chi connectivity index (χ3n) is 6.92. The molecule has 180 valence electrons. The average molecular weight is 479 g/mol. The molecule has 2 aliphatic heterocycles. The van der Waals surface area contributed by atoms with Gasteiger partial charge in [0, 0.05) is 53.8 Å². The van der Waals surface area contributed by atoms with Crippen molar-refractivity contribution in [2.75, 3.05) is 23.7 Å². The van der Waals surface area contributed by atoms with Crippen LogP contribution in [0.5, 0.6) is 0 Å². The van der Waals surface area contributed by atoms with Crippen molar-refractivity contribution < 1.29 is 9.59 Å². The van der Waals surface area contributed by atoms with Crippen molar-refractivity contribution in [2.24, 2.45) is 0 Å². The molecule has 6 rings (SSSR count). The molecular weight excluding hydrogens is 452 g/mol. The number of aromatic nitrogens is 3. The number of benzene rings is 2. The molecule has 2 amide bonds. The van der Waals surface area contributed by atoms with E-state index in [4.69, 9.17) is 0 Å². The van der Waals surface area contributed by atoms with Gasteiger partial charge in [0.25, 0.3) is 5.91 Å². The number of pyridine rings is 1. The molecule has 8 nitrogen and oxygen atoms in total. The van der Waals surface area contributed by atoms with E-state index in [0.29, 0.717) is 31.1 Å². The second-order valence-electron chi connectivity index (χ2n) is 9.22. The second-order valence-corrected chi connectivity index (χ2v) is 9.22. The summed E-state index contributed by atoms with van der Waals surface area (Å²) in [6.45, 7) is 1.90. The summed E-state index contributed by atoms with van der Waals surface area (Å²) >= 11 is 0. The van der Waals surface area contributed by atoms with E-state index < -0.39 is 0 Å². The summed E-state index contributed by atoms with van der Waals surface area (Å²) in [6.07, 6.45) is 6.67. The molecule has 1 unspecified atom stereocenters. The molecule has 2 N–H and O–H groups in total. The maximum absolute atomic E-state index is 13.1. The molecule has 8 heteroatoms. The number of nitrogens with one attached hydrogen (secondary N) is 2. The van der Waals surface area contributed by atoms with Crippen LogP contribution >= 0.6 is 0 Å². The quantitative estimate of drug-likeness (QED) is 0.450. The fourth-order valence-corrected chi connectivity index (χ4v) is 5.06. The molecule has 0 bridgehead atoms. The lowest BCUT2D eigenvalue weighted by Crippen LogP contribution is -2.28. The topological polar surface area (TPSA) is 92.2 Å². The first-order chi connectivity index (χ1) is 17.7. The Hall–Kier alpha value is -4.46. The highest BCUT2D eigenvalue weighted by atomic mass is 16.2. The number of likely N-dealkylation sites (tertiary alicyclic amines) is 1. The van der Waals surface area contributed by atoms with Gasteiger partial charge in [0.2, 0.25) is 5.91 Å². The van der Waals surface area contributed by atoms with Crippen LogP contribution in [0.2, 0.25) is 0 Å². The molecule has 2 aliphatic rings. The summed E-state index contributed by atoms with van der Waals surface area (Å²) in [4.78, 5) is 31.5. The molecule has 4 heterocycles. The number of rotatable bonds is 5. The molecule has 1 atom stereocenters. The minimum Gasteiger partial charge on any atom is -0.366 e. The zero-order chi connectivity index (χ0) is 24.5. The smallest absolute Gasteiger partial charge is 0.253 e. The number of fused-ring (bicyclic) bond motifs is 3. The van der Waals surface area contributed by atoms with Gasteiger partial charge in [0.05, 0.1) is 24.0 Å². The van der Waals surface area contributed by atoms with E-state index in [0.717, 1.165) is 41.2 Å². The Bertz CT molecular complexity index is 1410. The van der Waals surface area contributed by atoms with Crippen molar-refractivity contribution in [1.82, 2.24) is 19.7 Å². The lowest BCUT2D eigenvalue weighted by atomic mass is 10.0. The average Bonchev–Trinajstić information content (AvgIpc) is 3.53. The third-order valence-corrected chi connectivity index (χ3v) is 6.92. The molecule has 0 radical (unpaired) electrons. The van der Waals surface area contributed by atoms with Crippen molar-refractivity contribution in [3.8, 4) is 11.3 Å². The van der Waals surface area contributed by atoms with Crippen LogP contribution in [0.15, 0.2) is 79.3 Å². The molecule has 4 aromatic rings. The van der Waals surface area contributed by atoms with E-state index in [1.807, 2.05) is 70.4 Å². The van der Waals surface area contributed by atoms with Crippen LogP contribution < -0.4 is 10.6 Å². The van der Waals surface area contributed by atoms with Gasteiger partial charge in [0.1, 0.15) is 6.67 Å². The van der Waals surface area contributed by atoms with Gasteiger partial charge in [0.15, 0.2) is 0 Å². The lowest BCUT2D eigenvalue weighted by molar-refractivity contribution is -0.115. The first-order valence-electron chi connectivity index (χ1n) is 12.1. The molecule has 1 saturated heterocycles. The largest absolute Gasteiger partial charge is 0.366 e.